The Labute approximate surface area is 96.2 Å². The van der Waals surface area contributed by atoms with Crippen LogP contribution >= 0.6 is 0 Å². The Bertz CT molecular complexity index is 389. The highest BCUT2D eigenvalue weighted by atomic mass is 19.4. The molecular weight excluding hydrogens is 235 g/mol. The molecule has 1 N–H and O–H groups in total. The molecule has 0 spiro atoms. The van der Waals surface area contributed by atoms with Crippen LogP contribution in [0.4, 0.5) is 13.2 Å². The van der Waals surface area contributed by atoms with Gasteiger partial charge in [0.15, 0.2) is 0 Å². The van der Waals surface area contributed by atoms with E-state index < -0.39 is 23.9 Å². The summed E-state index contributed by atoms with van der Waals surface area (Å²) in [4.78, 5) is 3.64. The lowest BCUT2D eigenvalue weighted by Gasteiger charge is -2.21. The third-order valence-electron chi connectivity index (χ3n) is 2.79. The molecule has 3 nitrogen and oxygen atoms in total. The Balaban J connectivity index is 2.31. The van der Waals surface area contributed by atoms with Crippen LogP contribution in [-0.4, -0.2) is 22.8 Å². The van der Waals surface area contributed by atoms with Gasteiger partial charge in [-0.1, -0.05) is 0 Å². The first kappa shape index (κ1) is 12.3. The monoisotopic (exact) mass is 247 g/mol. The molecule has 0 bridgehead atoms. The van der Waals surface area contributed by atoms with Crippen molar-refractivity contribution in [3.8, 4) is 0 Å². The summed E-state index contributed by atoms with van der Waals surface area (Å²) in [6.45, 7) is 0.476. The van der Waals surface area contributed by atoms with E-state index >= 15 is 0 Å². The number of aromatic nitrogens is 1. The summed E-state index contributed by atoms with van der Waals surface area (Å²) in [6.07, 6.45) is -2.90. The lowest BCUT2D eigenvalue weighted by molar-refractivity contribution is -0.140. The average Bonchev–Trinajstić information content (AvgIpc) is 2.80. The molecule has 94 valence electrons. The molecule has 6 heteroatoms. The summed E-state index contributed by atoms with van der Waals surface area (Å²) in [5.74, 6) is 0. The van der Waals surface area contributed by atoms with E-state index in [4.69, 9.17) is 4.74 Å². The SMILES string of the molecule is OC(c1cnccc1C(F)(F)F)C1CCCO1. The highest BCUT2D eigenvalue weighted by Gasteiger charge is 2.37. The van der Waals surface area contributed by atoms with Crippen molar-refractivity contribution in [3.05, 3.63) is 29.6 Å². The summed E-state index contributed by atoms with van der Waals surface area (Å²) in [5.41, 5.74) is -1.07. The predicted molar refractivity (Wildman–Crippen MR) is 53.2 cm³/mol. The number of rotatable bonds is 2. The molecule has 2 heterocycles. The molecule has 0 aromatic carbocycles. The van der Waals surface area contributed by atoms with Gasteiger partial charge in [0.05, 0.1) is 11.7 Å². The van der Waals surface area contributed by atoms with E-state index in [0.29, 0.717) is 13.0 Å². The van der Waals surface area contributed by atoms with Crippen LogP contribution in [0.3, 0.4) is 0 Å². The largest absolute Gasteiger partial charge is 0.416 e. The zero-order valence-corrected chi connectivity index (χ0v) is 8.94. The zero-order chi connectivity index (χ0) is 12.5. The minimum absolute atomic E-state index is 0.216. The van der Waals surface area contributed by atoms with E-state index in [9.17, 15) is 18.3 Å². The standard InChI is InChI=1S/C11H12F3NO2/c12-11(13,14)8-3-4-15-6-7(8)10(16)9-2-1-5-17-9/h3-4,6,9-10,16H,1-2,5H2. The molecule has 2 atom stereocenters. The maximum Gasteiger partial charge on any atom is 0.416 e. The lowest BCUT2D eigenvalue weighted by atomic mass is 9.99. The minimum atomic E-state index is -4.49. The molecule has 1 saturated heterocycles. The number of halogens is 3. The summed E-state index contributed by atoms with van der Waals surface area (Å²) in [7, 11) is 0. The van der Waals surface area contributed by atoms with Gasteiger partial charge in [0.25, 0.3) is 0 Å². The quantitative estimate of drug-likeness (QED) is 0.872. The number of pyridine rings is 1. The molecule has 2 unspecified atom stereocenters. The van der Waals surface area contributed by atoms with Crippen LogP contribution in [-0.2, 0) is 10.9 Å². The van der Waals surface area contributed by atoms with Crippen molar-refractivity contribution < 1.29 is 23.0 Å². The molecule has 1 aromatic heterocycles. The van der Waals surface area contributed by atoms with Crippen molar-refractivity contribution in [1.29, 1.82) is 0 Å². The van der Waals surface area contributed by atoms with Gasteiger partial charge in [0.1, 0.15) is 6.10 Å². The summed E-state index contributed by atoms with van der Waals surface area (Å²) in [6, 6.07) is 0.869. The maximum atomic E-state index is 12.7. The van der Waals surface area contributed by atoms with Crippen LogP contribution < -0.4 is 0 Å². The average molecular weight is 247 g/mol. The fourth-order valence-corrected chi connectivity index (χ4v) is 1.95. The van der Waals surface area contributed by atoms with Gasteiger partial charge < -0.3 is 9.84 Å². The van der Waals surface area contributed by atoms with Crippen LogP contribution in [0.25, 0.3) is 0 Å². The fraction of sp³-hybridized carbons (Fsp3) is 0.545. The number of hydrogen-bond donors (Lipinski definition) is 1. The Kier molecular flexibility index (Phi) is 3.35. The van der Waals surface area contributed by atoms with Gasteiger partial charge >= 0.3 is 6.18 Å². The van der Waals surface area contributed by atoms with Gasteiger partial charge in [-0.05, 0) is 18.9 Å². The van der Waals surface area contributed by atoms with Gasteiger partial charge in [-0.25, -0.2) is 0 Å². The molecule has 1 aliphatic heterocycles. The molecule has 0 amide bonds. The minimum Gasteiger partial charge on any atom is -0.386 e. The topological polar surface area (TPSA) is 42.4 Å². The van der Waals surface area contributed by atoms with Gasteiger partial charge in [0, 0.05) is 24.6 Å². The highest BCUT2D eigenvalue weighted by molar-refractivity contribution is 5.29. The van der Waals surface area contributed by atoms with Crippen molar-refractivity contribution in [2.45, 2.75) is 31.2 Å². The van der Waals surface area contributed by atoms with Gasteiger partial charge in [-0.3, -0.25) is 4.98 Å². The third-order valence-corrected chi connectivity index (χ3v) is 2.79. The van der Waals surface area contributed by atoms with Crippen LogP contribution in [0.2, 0.25) is 0 Å². The highest BCUT2D eigenvalue weighted by Crippen LogP contribution is 2.36. The number of hydrogen-bond acceptors (Lipinski definition) is 3. The lowest BCUT2D eigenvalue weighted by Crippen LogP contribution is -2.21. The molecule has 0 aliphatic carbocycles. The molecular formula is C11H12F3NO2. The van der Waals surface area contributed by atoms with Crippen LogP contribution in [0, 0.1) is 0 Å². The Hall–Kier alpha value is -1.14. The second kappa shape index (κ2) is 4.62. The Morgan fingerprint density at radius 2 is 2.24 bits per heavy atom. The first-order chi connectivity index (χ1) is 8.00. The molecule has 17 heavy (non-hydrogen) atoms. The molecule has 1 fully saturated rings. The molecule has 0 saturated carbocycles. The van der Waals surface area contributed by atoms with Crippen LogP contribution in [0.5, 0.6) is 0 Å². The summed E-state index contributed by atoms with van der Waals surface area (Å²) in [5, 5.41) is 9.90. The first-order valence-electron chi connectivity index (χ1n) is 5.31. The third kappa shape index (κ3) is 2.58. The van der Waals surface area contributed by atoms with Gasteiger partial charge in [-0.2, -0.15) is 13.2 Å². The molecule has 1 aromatic rings. The predicted octanol–water partition coefficient (Wildman–Crippen LogP) is 2.31. The van der Waals surface area contributed by atoms with Gasteiger partial charge in [0.2, 0.25) is 0 Å². The number of alkyl halides is 3. The normalized spacial score (nSPS) is 22.7. The summed E-state index contributed by atoms with van der Waals surface area (Å²) >= 11 is 0. The van der Waals surface area contributed by atoms with E-state index in [1.165, 1.54) is 0 Å². The second-order valence-electron chi connectivity index (χ2n) is 3.96. The number of nitrogens with zero attached hydrogens (tertiary/aromatic N) is 1. The molecule has 1 aliphatic rings. The Morgan fingerprint density at radius 1 is 1.47 bits per heavy atom. The van der Waals surface area contributed by atoms with E-state index in [0.717, 1.165) is 24.9 Å². The van der Waals surface area contributed by atoms with E-state index in [1.807, 2.05) is 0 Å². The summed E-state index contributed by atoms with van der Waals surface area (Å²) < 4.78 is 43.3. The van der Waals surface area contributed by atoms with Crippen molar-refractivity contribution in [3.63, 3.8) is 0 Å². The van der Waals surface area contributed by atoms with E-state index in [2.05, 4.69) is 4.98 Å². The number of aliphatic hydroxyl groups excluding tert-OH is 1. The molecule has 0 radical (unpaired) electrons. The number of aliphatic hydroxyl groups is 1. The van der Waals surface area contributed by atoms with E-state index in [-0.39, 0.29) is 5.56 Å². The van der Waals surface area contributed by atoms with Crippen LogP contribution in [0.15, 0.2) is 18.5 Å². The first-order valence-corrected chi connectivity index (χ1v) is 5.31. The van der Waals surface area contributed by atoms with E-state index in [1.54, 1.807) is 0 Å². The van der Waals surface area contributed by atoms with Crippen molar-refractivity contribution in [2.24, 2.45) is 0 Å². The van der Waals surface area contributed by atoms with Crippen LogP contribution in [0.1, 0.15) is 30.1 Å². The number of ether oxygens (including phenoxy) is 1. The maximum absolute atomic E-state index is 12.7. The van der Waals surface area contributed by atoms with Gasteiger partial charge in [-0.15, -0.1) is 0 Å². The van der Waals surface area contributed by atoms with Crippen molar-refractivity contribution in [1.82, 2.24) is 4.98 Å². The zero-order valence-electron chi connectivity index (χ0n) is 8.94. The second-order valence-corrected chi connectivity index (χ2v) is 3.96. The Morgan fingerprint density at radius 3 is 2.82 bits per heavy atom. The van der Waals surface area contributed by atoms with Crippen molar-refractivity contribution >= 4 is 0 Å². The smallest absolute Gasteiger partial charge is 0.386 e. The fourth-order valence-electron chi connectivity index (χ4n) is 1.95. The molecule has 2 rings (SSSR count). The van der Waals surface area contributed by atoms with Crippen molar-refractivity contribution in [2.75, 3.05) is 6.61 Å².